The molecule has 0 saturated heterocycles. The number of methoxy groups -OCH3 is 1. The zero-order chi connectivity index (χ0) is 21.2. The molecule has 3 rings (SSSR count). The van der Waals surface area contributed by atoms with Gasteiger partial charge >= 0.3 is 5.97 Å². The average molecular weight is 414 g/mol. The van der Waals surface area contributed by atoms with Crippen molar-refractivity contribution in [3.05, 3.63) is 65.9 Å². The summed E-state index contributed by atoms with van der Waals surface area (Å²) in [6.07, 6.45) is 0. The summed E-state index contributed by atoms with van der Waals surface area (Å²) in [6, 6.07) is 15.4. The molecule has 0 amide bonds. The molecule has 152 valence electrons. The molecular formula is C21H22N2O5S. The lowest BCUT2D eigenvalue weighted by Crippen LogP contribution is -2.12. The van der Waals surface area contributed by atoms with Gasteiger partial charge in [-0.2, -0.15) is 0 Å². The summed E-state index contributed by atoms with van der Waals surface area (Å²) in [7, 11) is -2.20. The SMILES string of the molecule is CCOC(=O)c1cc(-c2ccc(OC)cc2)n(-c2ccc(S(N)(=O)=O)cc2)c1C. The lowest BCUT2D eigenvalue weighted by molar-refractivity contribution is 0.0525. The molecule has 0 saturated carbocycles. The minimum Gasteiger partial charge on any atom is -0.497 e. The second-order valence-corrected chi connectivity index (χ2v) is 7.91. The number of ether oxygens (including phenoxy) is 2. The van der Waals surface area contributed by atoms with Crippen LogP contribution in [0.3, 0.4) is 0 Å². The molecule has 1 heterocycles. The van der Waals surface area contributed by atoms with Gasteiger partial charge in [0.15, 0.2) is 0 Å². The number of rotatable bonds is 6. The maximum Gasteiger partial charge on any atom is 0.339 e. The van der Waals surface area contributed by atoms with Crippen molar-refractivity contribution < 1.29 is 22.7 Å². The number of hydrogen-bond acceptors (Lipinski definition) is 5. The number of aromatic nitrogens is 1. The molecule has 0 spiro atoms. The number of hydrogen-bond donors (Lipinski definition) is 1. The molecule has 0 unspecified atom stereocenters. The van der Waals surface area contributed by atoms with Crippen LogP contribution in [0.2, 0.25) is 0 Å². The first-order valence-corrected chi connectivity index (χ1v) is 10.5. The van der Waals surface area contributed by atoms with Gasteiger partial charge in [-0.05, 0) is 74.0 Å². The van der Waals surface area contributed by atoms with Crippen molar-refractivity contribution in [3.63, 3.8) is 0 Å². The molecule has 8 heteroatoms. The molecular weight excluding hydrogens is 392 g/mol. The highest BCUT2D eigenvalue weighted by atomic mass is 32.2. The molecule has 3 aromatic rings. The summed E-state index contributed by atoms with van der Waals surface area (Å²) in [5, 5.41) is 5.19. The lowest BCUT2D eigenvalue weighted by atomic mass is 10.1. The molecule has 7 nitrogen and oxygen atoms in total. The van der Waals surface area contributed by atoms with E-state index >= 15 is 0 Å². The fraction of sp³-hybridized carbons (Fsp3) is 0.190. The van der Waals surface area contributed by atoms with E-state index in [1.807, 2.05) is 35.8 Å². The van der Waals surface area contributed by atoms with Gasteiger partial charge in [0.05, 0.1) is 29.9 Å². The van der Waals surface area contributed by atoms with Crippen molar-refractivity contribution in [2.75, 3.05) is 13.7 Å². The number of carbonyl (C=O) groups excluding carboxylic acids is 1. The van der Waals surface area contributed by atoms with Gasteiger partial charge in [-0.25, -0.2) is 18.4 Å². The smallest absolute Gasteiger partial charge is 0.339 e. The molecule has 0 aliphatic heterocycles. The van der Waals surface area contributed by atoms with Crippen molar-refractivity contribution in [1.29, 1.82) is 0 Å². The third-order valence-corrected chi connectivity index (χ3v) is 5.48. The number of carbonyl (C=O) groups is 1. The van der Waals surface area contributed by atoms with Crippen molar-refractivity contribution in [1.82, 2.24) is 4.57 Å². The molecule has 1 aromatic heterocycles. The van der Waals surface area contributed by atoms with Crippen LogP contribution in [0.5, 0.6) is 5.75 Å². The first-order valence-electron chi connectivity index (χ1n) is 8.93. The van der Waals surface area contributed by atoms with Gasteiger partial charge in [0.1, 0.15) is 5.75 Å². The molecule has 0 bridgehead atoms. The molecule has 2 aromatic carbocycles. The molecule has 0 atom stereocenters. The normalized spacial score (nSPS) is 11.3. The highest BCUT2D eigenvalue weighted by molar-refractivity contribution is 7.89. The van der Waals surface area contributed by atoms with E-state index in [1.165, 1.54) is 12.1 Å². The number of esters is 1. The summed E-state index contributed by atoms with van der Waals surface area (Å²) in [5.41, 5.74) is 3.43. The van der Waals surface area contributed by atoms with Crippen LogP contribution in [0.1, 0.15) is 23.0 Å². The predicted octanol–water partition coefficient (Wildman–Crippen LogP) is 3.29. The average Bonchev–Trinajstić information content (AvgIpc) is 3.05. The van der Waals surface area contributed by atoms with Gasteiger partial charge < -0.3 is 14.0 Å². The second kappa shape index (κ2) is 8.10. The van der Waals surface area contributed by atoms with Crippen molar-refractivity contribution in [2.45, 2.75) is 18.7 Å². The Balaban J connectivity index is 2.18. The Labute approximate surface area is 169 Å². The van der Waals surface area contributed by atoms with Crippen LogP contribution < -0.4 is 9.88 Å². The fourth-order valence-electron chi connectivity index (χ4n) is 3.11. The highest BCUT2D eigenvalue weighted by Gasteiger charge is 2.21. The Hall–Kier alpha value is -3.10. The largest absolute Gasteiger partial charge is 0.497 e. The summed E-state index contributed by atoms with van der Waals surface area (Å²) in [5.74, 6) is 0.298. The zero-order valence-corrected chi connectivity index (χ0v) is 17.2. The summed E-state index contributed by atoms with van der Waals surface area (Å²) < 4.78 is 35.4. The van der Waals surface area contributed by atoms with Gasteiger partial charge in [-0.1, -0.05) is 0 Å². The molecule has 0 aliphatic rings. The second-order valence-electron chi connectivity index (χ2n) is 6.35. The van der Waals surface area contributed by atoms with E-state index in [2.05, 4.69) is 0 Å². The standard InChI is InChI=1S/C21H22N2O5S/c1-4-28-21(24)19-13-20(15-5-9-17(27-3)10-6-15)23(14(19)2)16-7-11-18(12-8-16)29(22,25)26/h5-13H,4H2,1-3H3,(H2,22,25,26). The quantitative estimate of drug-likeness (QED) is 0.624. The van der Waals surface area contributed by atoms with E-state index in [9.17, 15) is 13.2 Å². The number of primary sulfonamides is 1. The van der Waals surface area contributed by atoms with E-state index < -0.39 is 16.0 Å². The Morgan fingerprint density at radius 1 is 1.07 bits per heavy atom. The van der Waals surface area contributed by atoms with Crippen LogP contribution >= 0.6 is 0 Å². The minimum absolute atomic E-state index is 0.0164. The number of benzene rings is 2. The maximum absolute atomic E-state index is 12.4. The van der Waals surface area contributed by atoms with Crippen LogP contribution in [0.4, 0.5) is 0 Å². The van der Waals surface area contributed by atoms with E-state index in [0.29, 0.717) is 22.7 Å². The third-order valence-electron chi connectivity index (χ3n) is 4.55. The van der Waals surface area contributed by atoms with Crippen LogP contribution in [0.25, 0.3) is 16.9 Å². The first kappa shape index (κ1) is 20.6. The van der Waals surface area contributed by atoms with E-state index in [-0.39, 0.29) is 11.5 Å². The van der Waals surface area contributed by atoms with Crippen molar-refractivity contribution in [3.8, 4) is 22.7 Å². The molecule has 2 N–H and O–H groups in total. The highest BCUT2D eigenvalue weighted by Crippen LogP contribution is 2.31. The van der Waals surface area contributed by atoms with Gasteiger partial charge in [0.25, 0.3) is 0 Å². The van der Waals surface area contributed by atoms with Gasteiger partial charge in [-0.3, -0.25) is 0 Å². The first-order chi connectivity index (χ1) is 13.8. The maximum atomic E-state index is 12.4. The van der Waals surface area contributed by atoms with Gasteiger partial charge in [0.2, 0.25) is 10.0 Å². The van der Waals surface area contributed by atoms with Crippen LogP contribution in [0, 0.1) is 6.92 Å². The summed E-state index contributed by atoms with van der Waals surface area (Å²) in [4.78, 5) is 12.4. The van der Waals surface area contributed by atoms with Crippen LogP contribution in [0.15, 0.2) is 59.5 Å². The zero-order valence-electron chi connectivity index (χ0n) is 16.4. The molecule has 29 heavy (non-hydrogen) atoms. The molecule has 0 radical (unpaired) electrons. The van der Waals surface area contributed by atoms with Crippen LogP contribution in [-0.2, 0) is 14.8 Å². The predicted molar refractivity (Wildman–Crippen MR) is 110 cm³/mol. The number of sulfonamides is 1. The van der Waals surface area contributed by atoms with E-state index in [4.69, 9.17) is 14.6 Å². The minimum atomic E-state index is -3.79. The Kier molecular flexibility index (Phi) is 5.76. The summed E-state index contributed by atoms with van der Waals surface area (Å²) >= 11 is 0. The Bertz CT molecular complexity index is 1130. The van der Waals surface area contributed by atoms with Crippen molar-refractivity contribution >= 4 is 16.0 Å². The van der Waals surface area contributed by atoms with Gasteiger partial charge in [-0.15, -0.1) is 0 Å². The Morgan fingerprint density at radius 3 is 2.21 bits per heavy atom. The van der Waals surface area contributed by atoms with Gasteiger partial charge in [0, 0.05) is 11.4 Å². The third kappa shape index (κ3) is 4.18. The fourth-order valence-corrected chi connectivity index (χ4v) is 3.63. The molecule has 0 aliphatic carbocycles. The van der Waals surface area contributed by atoms with E-state index in [0.717, 1.165) is 11.3 Å². The Morgan fingerprint density at radius 2 is 1.69 bits per heavy atom. The monoisotopic (exact) mass is 414 g/mol. The summed E-state index contributed by atoms with van der Waals surface area (Å²) in [6.45, 7) is 3.83. The van der Waals surface area contributed by atoms with Crippen LogP contribution in [-0.4, -0.2) is 32.7 Å². The topological polar surface area (TPSA) is 101 Å². The van der Waals surface area contributed by atoms with E-state index in [1.54, 1.807) is 32.2 Å². The number of nitrogens with zero attached hydrogens (tertiary/aromatic N) is 1. The lowest BCUT2D eigenvalue weighted by Gasteiger charge is -2.13. The van der Waals surface area contributed by atoms with Crippen molar-refractivity contribution in [2.24, 2.45) is 5.14 Å². The number of nitrogens with two attached hydrogens (primary N) is 1. The molecule has 0 fully saturated rings.